The van der Waals surface area contributed by atoms with E-state index in [9.17, 15) is 8.78 Å². The Morgan fingerprint density at radius 2 is 2.12 bits per heavy atom. The summed E-state index contributed by atoms with van der Waals surface area (Å²) in [5.74, 6) is -1.10. The van der Waals surface area contributed by atoms with Gasteiger partial charge in [0, 0.05) is 17.5 Å². The Morgan fingerprint density at radius 3 is 2.58 bits per heavy atom. The number of nitrogens with zero attached hydrogens (tertiary/aromatic N) is 4. The molecule has 8 nitrogen and oxygen atoms in total. The van der Waals surface area contributed by atoms with Crippen LogP contribution in [0.25, 0.3) is 0 Å². The molecule has 24 heavy (non-hydrogen) atoms. The summed E-state index contributed by atoms with van der Waals surface area (Å²) in [6, 6.07) is 3.59. The van der Waals surface area contributed by atoms with Crippen LogP contribution in [0.2, 0.25) is 0 Å². The lowest BCUT2D eigenvalue weighted by Crippen LogP contribution is -2.57. The van der Waals surface area contributed by atoms with Crippen LogP contribution in [-0.4, -0.2) is 31.2 Å². The summed E-state index contributed by atoms with van der Waals surface area (Å²) in [5.41, 5.74) is -0.467. The Balaban J connectivity index is 0.000000471. The van der Waals surface area contributed by atoms with E-state index in [1.807, 2.05) is 13.8 Å². The lowest BCUT2D eigenvalue weighted by atomic mass is 9.73. The largest absolute Gasteiger partial charge is 0.364 e. The van der Waals surface area contributed by atoms with Crippen LogP contribution in [0.5, 0.6) is 0 Å². The third-order valence-corrected chi connectivity index (χ3v) is 4.09. The van der Waals surface area contributed by atoms with Gasteiger partial charge in [-0.3, -0.25) is 0 Å². The van der Waals surface area contributed by atoms with Gasteiger partial charge in [0.05, 0.1) is 12.6 Å². The van der Waals surface area contributed by atoms with Crippen molar-refractivity contribution in [1.29, 1.82) is 0 Å². The van der Waals surface area contributed by atoms with Gasteiger partial charge in [0.1, 0.15) is 29.9 Å². The van der Waals surface area contributed by atoms with E-state index >= 15 is 0 Å². The van der Waals surface area contributed by atoms with Crippen molar-refractivity contribution in [3.63, 3.8) is 0 Å². The molecule has 2 heterocycles. The molecule has 3 atom stereocenters. The Morgan fingerprint density at radius 1 is 1.46 bits per heavy atom. The molecule has 1 aliphatic heterocycles. The number of halogens is 2. The summed E-state index contributed by atoms with van der Waals surface area (Å²) < 4.78 is 34.7. The highest BCUT2D eigenvalue weighted by Crippen LogP contribution is 2.48. The fourth-order valence-electron chi connectivity index (χ4n) is 2.81. The van der Waals surface area contributed by atoms with Crippen LogP contribution >= 0.6 is 0 Å². The highest BCUT2D eigenvalue weighted by molar-refractivity contribution is 5.29. The molecular formula is C14H16F2N4O4. The molecule has 0 aliphatic carbocycles. The summed E-state index contributed by atoms with van der Waals surface area (Å²) in [5, 5.41) is 17.7. The molecule has 0 saturated carbocycles. The van der Waals surface area contributed by atoms with Gasteiger partial charge in [-0.1, -0.05) is 13.0 Å². The maximum atomic E-state index is 14.1. The Kier molecular flexibility index (Phi) is 5.07. The molecule has 1 N–H and O–H groups in total. The van der Waals surface area contributed by atoms with Gasteiger partial charge in [0.15, 0.2) is 0 Å². The molecule has 0 amide bonds. The zero-order valence-corrected chi connectivity index (χ0v) is 13.0. The standard InChI is InChI=1S/C14H15F2N3O.HNO3/c1-9-10(2)20-14(9,6-19-8-17-7-18-19)12-4-3-11(15)5-13(12)16;2-1(3)4/h3-5,7-10H,6H2,1-2H3;(H,2,3,4). The molecule has 1 fully saturated rings. The van der Waals surface area contributed by atoms with Gasteiger partial charge in [-0.25, -0.2) is 18.4 Å². The molecule has 1 aliphatic rings. The molecular weight excluding hydrogens is 326 g/mol. The Hall–Kier alpha value is -2.62. The number of ether oxygens (including phenoxy) is 1. The number of benzene rings is 1. The monoisotopic (exact) mass is 342 g/mol. The van der Waals surface area contributed by atoms with Crippen LogP contribution in [0.4, 0.5) is 8.78 Å². The lowest BCUT2D eigenvalue weighted by molar-refractivity contribution is -0.742. The summed E-state index contributed by atoms with van der Waals surface area (Å²) in [4.78, 5) is 12.2. The maximum absolute atomic E-state index is 14.1. The molecule has 10 heteroatoms. The summed E-state index contributed by atoms with van der Waals surface area (Å²) >= 11 is 0. The lowest BCUT2D eigenvalue weighted by Gasteiger charge is -2.52. The van der Waals surface area contributed by atoms with Crippen LogP contribution < -0.4 is 0 Å². The smallest absolute Gasteiger partial charge is 0.291 e. The predicted molar refractivity (Wildman–Crippen MR) is 76.5 cm³/mol. The molecule has 0 radical (unpaired) electrons. The van der Waals surface area contributed by atoms with E-state index in [0.717, 1.165) is 6.07 Å². The minimum absolute atomic E-state index is 0.0166. The average Bonchev–Trinajstić information content (AvgIpc) is 2.98. The van der Waals surface area contributed by atoms with Crippen LogP contribution in [0.3, 0.4) is 0 Å². The van der Waals surface area contributed by atoms with E-state index < -0.39 is 22.3 Å². The first-order valence-corrected chi connectivity index (χ1v) is 7.05. The van der Waals surface area contributed by atoms with E-state index in [2.05, 4.69) is 10.1 Å². The normalized spacial score (nSPS) is 25.3. The second kappa shape index (κ2) is 6.87. The van der Waals surface area contributed by atoms with Gasteiger partial charge in [-0.2, -0.15) is 5.10 Å². The topological polar surface area (TPSA) is 103 Å². The third kappa shape index (κ3) is 3.48. The van der Waals surface area contributed by atoms with Crippen LogP contribution in [0.1, 0.15) is 19.4 Å². The van der Waals surface area contributed by atoms with E-state index in [0.29, 0.717) is 12.1 Å². The molecule has 130 valence electrons. The first-order valence-electron chi connectivity index (χ1n) is 7.05. The SMILES string of the molecule is CC1OC(Cn2cncn2)(c2ccc(F)cc2F)C1C.O=[N+]([O-])O. The molecule has 2 aromatic rings. The average molecular weight is 342 g/mol. The summed E-state index contributed by atoms with van der Waals surface area (Å²) in [7, 11) is 0. The Bertz CT molecular complexity index is 709. The molecule has 0 spiro atoms. The van der Waals surface area contributed by atoms with E-state index in [4.69, 9.17) is 20.1 Å². The van der Waals surface area contributed by atoms with Crippen molar-refractivity contribution in [2.75, 3.05) is 0 Å². The number of aromatic nitrogens is 3. The first kappa shape index (κ1) is 17.7. The Labute approximate surface area is 135 Å². The molecule has 3 unspecified atom stereocenters. The quantitative estimate of drug-likeness (QED) is 0.677. The molecule has 3 rings (SSSR count). The van der Waals surface area contributed by atoms with E-state index in [-0.39, 0.29) is 12.0 Å². The number of rotatable bonds is 3. The fraction of sp³-hybridized carbons (Fsp3) is 0.429. The van der Waals surface area contributed by atoms with Crippen LogP contribution in [0.15, 0.2) is 30.9 Å². The van der Waals surface area contributed by atoms with Crippen LogP contribution in [0, 0.1) is 27.7 Å². The summed E-state index contributed by atoms with van der Waals surface area (Å²) in [6.45, 7) is 4.28. The van der Waals surface area contributed by atoms with E-state index in [1.54, 1.807) is 11.0 Å². The second-order valence-corrected chi connectivity index (χ2v) is 5.46. The van der Waals surface area contributed by atoms with Crippen LogP contribution in [-0.2, 0) is 16.9 Å². The van der Waals surface area contributed by atoms with Gasteiger partial charge in [-0.05, 0) is 13.0 Å². The molecule has 1 saturated heterocycles. The van der Waals surface area contributed by atoms with E-state index in [1.165, 1.54) is 18.5 Å². The molecule has 1 aromatic heterocycles. The first-order chi connectivity index (χ1) is 11.3. The number of hydrogen-bond donors (Lipinski definition) is 1. The van der Waals surface area contributed by atoms with Crippen molar-refractivity contribution in [3.05, 3.63) is 58.2 Å². The highest BCUT2D eigenvalue weighted by Gasteiger charge is 2.53. The molecule has 1 aromatic carbocycles. The third-order valence-electron chi connectivity index (χ3n) is 4.09. The van der Waals surface area contributed by atoms with Crippen molar-refractivity contribution in [1.82, 2.24) is 14.8 Å². The zero-order valence-electron chi connectivity index (χ0n) is 13.0. The number of hydrogen-bond acceptors (Lipinski definition) is 5. The summed E-state index contributed by atoms with van der Waals surface area (Å²) in [6.07, 6.45) is 2.99. The van der Waals surface area contributed by atoms with Gasteiger partial charge in [0.25, 0.3) is 5.09 Å². The zero-order chi connectivity index (χ0) is 17.9. The van der Waals surface area contributed by atoms with Gasteiger partial charge < -0.3 is 9.94 Å². The van der Waals surface area contributed by atoms with Crippen molar-refractivity contribution in [2.24, 2.45) is 5.92 Å². The van der Waals surface area contributed by atoms with Crippen molar-refractivity contribution >= 4 is 0 Å². The second-order valence-electron chi connectivity index (χ2n) is 5.46. The predicted octanol–water partition coefficient (Wildman–Crippen LogP) is 2.16. The van der Waals surface area contributed by atoms with Gasteiger partial charge in [-0.15, -0.1) is 10.1 Å². The van der Waals surface area contributed by atoms with Crippen molar-refractivity contribution < 1.29 is 23.8 Å². The van der Waals surface area contributed by atoms with Gasteiger partial charge >= 0.3 is 0 Å². The molecule has 0 bridgehead atoms. The minimum Gasteiger partial charge on any atom is -0.364 e. The van der Waals surface area contributed by atoms with Crippen molar-refractivity contribution in [3.8, 4) is 0 Å². The maximum Gasteiger partial charge on any atom is 0.291 e. The highest BCUT2D eigenvalue weighted by atomic mass is 19.1. The van der Waals surface area contributed by atoms with Gasteiger partial charge in [0.2, 0.25) is 0 Å². The fourth-order valence-corrected chi connectivity index (χ4v) is 2.81. The minimum atomic E-state index is -1.50. The van der Waals surface area contributed by atoms with Crippen molar-refractivity contribution in [2.45, 2.75) is 32.1 Å².